The average molecular weight is 411 g/mol. The van der Waals surface area contributed by atoms with Crippen LogP contribution in [0.4, 0.5) is 4.39 Å². The van der Waals surface area contributed by atoms with E-state index in [2.05, 4.69) is 0 Å². The molecule has 0 spiro atoms. The standard InChI is InChI=1S/C18H18FNO7S/c19-15-3-1-2-4-16(15)27-12-5-7-13(8-6-12)28(24,25)17-9-10-26-11-14(17)18(21)20(22)23/h1-8,14,17,22-23H,9-11H2. The predicted molar refractivity (Wildman–Crippen MR) is 93.2 cm³/mol. The highest BCUT2D eigenvalue weighted by atomic mass is 32.2. The van der Waals surface area contributed by atoms with Crippen molar-refractivity contribution in [1.29, 1.82) is 0 Å². The van der Waals surface area contributed by atoms with Crippen LogP contribution in [0, 0.1) is 11.7 Å². The van der Waals surface area contributed by atoms with Crippen LogP contribution in [0.25, 0.3) is 0 Å². The van der Waals surface area contributed by atoms with E-state index in [1.54, 1.807) is 6.07 Å². The lowest BCUT2D eigenvalue weighted by molar-refractivity contribution is -0.289. The quantitative estimate of drug-likeness (QED) is 0.574. The fourth-order valence-corrected chi connectivity index (χ4v) is 4.89. The van der Waals surface area contributed by atoms with Crippen LogP contribution in [0.1, 0.15) is 6.42 Å². The molecule has 2 aromatic carbocycles. The van der Waals surface area contributed by atoms with Gasteiger partial charge in [0, 0.05) is 6.61 Å². The normalized spacial score (nSPS) is 19.8. The maximum atomic E-state index is 13.7. The van der Waals surface area contributed by atoms with Gasteiger partial charge < -0.3 is 9.47 Å². The zero-order valence-corrected chi connectivity index (χ0v) is 15.4. The van der Waals surface area contributed by atoms with Crippen LogP contribution in [0.2, 0.25) is 0 Å². The summed E-state index contributed by atoms with van der Waals surface area (Å²) in [5.74, 6) is -2.73. The van der Waals surface area contributed by atoms with Crippen molar-refractivity contribution >= 4 is 15.7 Å². The predicted octanol–water partition coefficient (Wildman–Crippen LogP) is 2.40. The highest BCUT2D eigenvalue weighted by Gasteiger charge is 2.42. The Kier molecular flexibility index (Phi) is 5.94. The zero-order valence-electron chi connectivity index (χ0n) is 14.6. The summed E-state index contributed by atoms with van der Waals surface area (Å²) < 4.78 is 50.1. The highest BCUT2D eigenvalue weighted by molar-refractivity contribution is 7.92. The van der Waals surface area contributed by atoms with Gasteiger partial charge in [0.1, 0.15) is 5.75 Å². The van der Waals surface area contributed by atoms with E-state index >= 15 is 0 Å². The van der Waals surface area contributed by atoms with Gasteiger partial charge in [-0.2, -0.15) is 0 Å². The van der Waals surface area contributed by atoms with Crippen LogP contribution >= 0.6 is 0 Å². The van der Waals surface area contributed by atoms with Gasteiger partial charge in [-0.25, -0.2) is 12.8 Å². The number of halogens is 1. The van der Waals surface area contributed by atoms with E-state index in [4.69, 9.17) is 19.9 Å². The summed E-state index contributed by atoms with van der Waals surface area (Å²) in [5.41, 5.74) is 0. The molecule has 1 aliphatic heterocycles. The molecule has 0 aromatic heterocycles. The van der Waals surface area contributed by atoms with Crippen molar-refractivity contribution in [2.24, 2.45) is 5.92 Å². The summed E-state index contributed by atoms with van der Waals surface area (Å²) in [7, 11) is -3.97. The first-order chi connectivity index (χ1) is 13.3. The number of nitrogens with zero attached hydrogens (tertiary/aromatic N) is 1. The van der Waals surface area contributed by atoms with Crippen molar-refractivity contribution in [3.8, 4) is 11.5 Å². The molecule has 1 saturated heterocycles. The Labute approximate surface area is 160 Å². The topological polar surface area (TPSA) is 113 Å². The Morgan fingerprint density at radius 1 is 1.14 bits per heavy atom. The van der Waals surface area contributed by atoms with E-state index in [9.17, 15) is 17.6 Å². The van der Waals surface area contributed by atoms with Gasteiger partial charge in [0.25, 0.3) is 5.91 Å². The lowest BCUT2D eigenvalue weighted by atomic mass is 10.0. The number of carbonyl (C=O) groups excluding carboxylic acids is 1. The van der Waals surface area contributed by atoms with Gasteiger partial charge in [0.15, 0.2) is 21.4 Å². The first kappa shape index (κ1) is 20.2. The van der Waals surface area contributed by atoms with Gasteiger partial charge in [-0.05, 0) is 42.8 Å². The minimum absolute atomic E-state index is 0.000759. The van der Waals surface area contributed by atoms with Crippen molar-refractivity contribution in [2.75, 3.05) is 13.2 Å². The first-order valence-electron chi connectivity index (χ1n) is 8.36. The molecule has 2 atom stereocenters. The lowest BCUT2D eigenvalue weighted by Crippen LogP contribution is -2.46. The molecule has 2 unspecified atom stereocenters. The van der Waals surface area contributed by atoms with E-state index in [0.29, 0.717) is 0 Å². The van der Waals surface area contributed by atoms with Crippen molar-refractivity contribution in [3.05, 3.63) is 54.3 Å². The molecule has 8 nitrogen and oxygen atoms in total. The Hall–Kier alpha value is -2.53. The van der Waals surface area contributed by atoms with Crippen LogP contribution < -0.4 is 4.74 Å². The van der Waals surface area contributed by atoms with E-state index in [-0.39, 0.29) is 36.0 Å². The molecular weight excluding hydrogens is 393 g/mol. The van der Waals surface area contributed by atoms with Gasteiger partial charge in [0.05, 0.1) is 22.7 Å². The maximum absolute atomic E-state index is 13.7. The number of para-hydroxylation sites is 1. The Bertz CT molecular complexity index is 947. The van der Waals surface area contributed by atoms with Gasteiger partial charge in [0.2, 0.25) is 0 Å². The van der Waals surface area contributed by atoms with Gasteiger partial charge in [-0.1, -0.05) is 17.4 Å². The fraction of sp³-hybridized carbons (Fsp3) is 0.278. The van der Waals surface area contributed by atoms with Crippen LogP contribution in [-0.4, -0.2) is 48.4 Å². The second-order valence-corrected chi connectivity index (χ2v) is 8.35. The summed E-state index contributed by atoms with van der Waals surface area (Å²) >= 11 is 0. The summed E-state index contributed by atoms with van der Waals surface area (Å²) in [6.07, 6.45) is 0.0278. The number of carbonyl (C=O) groups is 1. The summed E-state index contributed by atoms with van der Waals surface area (Å²) in [5, 5.41) is 16.1. The third-order valence-corrected chi connectivity index (χ3v) is 6.71. The molecule has 1 heterocycles. The molecule has 0 bridgehead atoms. The van der Waals surface area contributed by atoms with Crippen LogP contribution in [0.5, 0.6) is 11.5 Å². The molecule has 1 amide bonds. The van der Waals surface area contributed by atoms with Crippen LogP contribution in [0.3, 0.4) is 0 Å². The monoisotopic (exact) mass is 411 g/mol. The minimum atomic E-state index is -3.97. The third kappa shape index (κ3) is 4.14. The van der Waals surface area contributed by atoms with Crippen molar-refractivity contribution in [2.45, 2.75) is 16.6 Å². The molecule has 3 rings (SSSR count). The van der Waals surface area contributed by atoms with Gasteiger partial charge >= 0.3 is 0 Å². The smallest absolute Gasteiger partial charge is 0.279 e. The van der Waals surface area contributed by atoms with Gasteiger partial charge in [-0.3, -0.25) is 15.2 Å². The molecule has 2 N–H and O–H groups in total. The molecular formula is C18H18FNO7S. The van der Waals surface area contributed by atoms with E-state index in [1.807, 2.05) is 0 Å². The number of benzene rings is 2. The first-order valence-corrected chi connectivity index (χ1v) is 9.91. The summed E-state index contributed by atoms with van der Waals surface area (Å²) in [6.45, 7) is -0.117. The van der Waals surface area contributed by atoms with Crippen LogP contribution in [-0.2, 0) is 19.4 Å². The van der Waals surface area contributed by atoms with E-state index in [1.165, 1.54) is 42.5 Å². The molecule has 0 aliphatic carbocycles. The lowest BCUT2D eigenvalue weighted by Gasteiger charge is -2.30. The molecule has 2 aromatic rings. The molecule has 0 saturated carbocycles. The number of hydrogen-bond donors (Lipinski definition) is 2. The summed E-state index contributed by atoms with van der Waals surface area (Å²) in [6, 6.07) is 11.1. The molecule has 1 aliphatic rings. The van der Waals surface area contributed by atoms with Crippen molar-refractivity contribution in [3.63, 3.8) is 0 Å². The largest absolute Gasteiger partial charge is 0.454 e. The fourth-order valence-electron chi connectivity index (χ4n) is 2.99. The summed E-state index contributed by atoms with van der Waals surface area (Å²) in [4.78, 5) is 11.8. The second kappa shape index (κ2) is 8.23. The average Bonchev–Trinajstić information content (AvgIpc) is 2.69. The number of ether oxygens (including phenoxy) is 2. The molecule has 0 radical (unpaired) electrons. The Morgan fingerprint density at radius 2 is 1.82 bits per heavy atom. The zero-order chi connectivity index (χ0) is 20.3. The highest BCUT2D eigenvalue weighted by Crippen LogP contribution is 2.31. The Balaban J connectivity index is 1.83. The minimum Gasteiger partial charge on any atom is -0.454 e. The van der Waals surface area contributed by atoms with Crippen molar-refractivity contribution in [1.82, 2.24) is 5.23 Å². The van der Waals surface area contributed by atoms with Crippen molar-refractivity contribution < 1.29 is 37.5 Å². The number of rotatable bonds is 5. The molecule has 150 valence electrons. The molecule has 1 fully saturated rings. The SMILES string of the molecule is O=C(C1COCCC1S(=O)(=O)c1ccc(Oc2ccccc2F)cc1)N(O)O. The number of hydrogen-bond acceptors (Lipinski definition) is 7. The second-order valence-electron chi connectivity index (χ2n) is 6.19. The number of amides is 1. The maximum Gasteiger partial charge on any atom is 0.279 e. The molecule has 10 heteroatoms. The number of hydroxylamine groups is 2. The van der Waals surface area contributed by atoms with Crippen LogP contribution in [0.15, 0.2) is 53.4 Å². The third-order valence-electron chi connectivity index (χ3n) is 4.42. The van der Waals surface area contributed by atoms with Gasteiger partial charge in [-0.15, -0.1) is 0 Å². The number of sulfone groups is 1. The molecule has 28 heavy (non-hydrogen) atoms. The van der Waals surface area contributed by atoms with E-state index < -0.39 is 38.0 Å². The Morgan fingerprint density at radius 3 is 2.46 bits per heavy atom. The van der Waals surface area contributed by atoms with E-state index in [0.717, 1.165) is 0 Å².